The minimum atomic E-state index is -4.02. The lowest BCUT2D eigenvalue weighted by Crippen LogP contribution is -2.40. The molecule has 0 heterocycles. The number of benzene rings is 1. The van der Waals surface area contributed by atoms with Crippen molar-refractivity contribution in [2.24, 2.45) is 0 Å². The van der Waals surface area contributed by atoms with Crippen LogP contribution in [0, 0.1) is 5.82 Å². The van der Waals surface area contributed by atoms with Crippen molar-refractivity contribution in [3.05, 3.63) is 28.0 Å². The lowest BCUT2D eigenvalue weighted by Gasteiger charge is -2.23. The van der Waals surface area contributed by atoms with Crippen LogP contribution in [0.5, 0.6) is 0 Å². The van der Waals surface area contributed by atoms with Crippen molar-refractivity contribution >= 4 is 33.2 Å². The van der Waals surface area contributed by atoms with Crippen molar-refractivity contribution in [2.75, 3.05) is 6.54 Å². The molecular weight excluding hydrogens is 328 g/mol. The molecule has 1 aromatic rings. The maximum Gasteiger partial charge on any atom is 0.242 e. The highest BCUT2D eigenvalue weighted by atomic mass is 35.5. The summed E-state index contributed by atoms with van der Waals surface area (Å²) in [5.41, 5.74) is -1.18. The monoisotopic (exact) mass is 343 g/mol. The van der Waals surface area contributed by atoms with Crippen molar-refractivity contribution in [2.45, 2.75) is 37.2 Å². The van der Waals surface area contributed by atoms with Gasteiger partial charge in [-0.25, -0.2) is 17.5 Å². The molecule has 1 atom stereocenters. The standard InChI is InChI=1S/C12H16Cl2FNO3S/c1-3-6-12(2,17)7-16-20(18,19)9-5-4-8(13)11(15)10(9)14/h4-5,16-17H,3,6-7H2,1-2H3. The molecular formula is C12H16Cl2FNO3S. The average molecular weight is 344 g/mol. The average Bonchev–Trinajstić information content (AvgIpc) is 2.34. The van der Waals surface area contributed by atoms with Crippen LogP contribution in [0.25, 0.3) is 0 Å². The van der Waals surface area contributed by atoms with Gasteiger partial charge in [-0.05, 0) is 25.5 Å². The van der Waals surface area contributed by atoms with Crippen LogP contribution in [0.3, 0.4) is 0 Å². The molecule has 1 rings (SSSR count). The van der Waals surface area contributed by atoms with Crippen LogP contribution in [0.2, 0.25) is 10.0 Å². The molecule has 0 spiro atoms. The van der Waals surface area contributed by atoms with E-state index in [9.17, 15) is 17.9 Å². The highest BCUT2D eigenvalue weighted by Crippen LogP contribution is 2.29. The quantitative estimate of drug-likeness (QED) is 0.780. The van der Waals surface area contributed by atoms with Gasteiger partial charge >= 0.3 is 0 Å². The fourth-order valence-electron chi connectivity index (χ4n) is 1.67. The summed E-state index contributed by atoms with van der Waals surface area (Å²) in [7, 11) is -4.02. The Bertz CT molecular complexity index is 591. The van der Waals surface area contributed by atoms with Crippen LogP contribution in [0.1, 0.15) is 26.7 Å². The summed E-state index contributed by atoms with van der Waals surface area (Å²) in [4.78, 5) is -0.409. The minimum absolute atomic E-state index is 0.191. The number of halogens is 3. The third kappa shape index (κ3) is 4.30. The van der Waals surface area contributed by atoms with E-state index in [1.807, 2.05) is 6.92 Å². The summed E-state index contributed by atoms with van der Waals surface area (Å²) < 4.78 is 39.8. The molecule has 8 heteroatoms. The highest BCUT2D eigenvalue weighted by molar-refractivity contribution is 7.89. The van der Waals surface area contributed by atoms with E-state index in [0.29, 0.717) is 12.8 Å². The van der Waals surface area contributed by atoms with Crippen molar-refractivity contribution in [3.8, 4) is 0 Å². The molecule has 0 amide bonds. The molecule has 20 heavy (non-hydrogen) atoms. The molecule has 0 saturated heterocycles. The Labute approximate surface area is 127 Å². The van der Waals surface area contributed by atoms with Crippen molar-refractivity contribution in [1.82, 2.24) is 4.72 Å². The lowest BCUT2D eigenvalue weighted by molar-refractivity contribution is 0.0554. The lowest BCUT2D eigenvalue weighted by atomic mass is 10.0. The van der Waals surface area contributed by atoms with Gasteiger partial charge in [0.2, 0.25) is 10.0 Å². The van der Waals surface area contributed by atoms with E-state index in [2.05, 4.69) is 4.72 Å². The topological polar surface area (TPSA) is 66.4 Å². The summed E-state index contributed by atoms with van der Waals surface area (Å²) in [6.07, 6.45) is 1.13. The predicted molar refractivity (Wildman–Crippen MR) is 77.1 cm³/mol. The number of sulfonamides is 1. The van der Waals surface area contributed by atoms with Gasteiger partial charge in [0.05, 0.1) is 15.6 Å². The van der Waals surface area contributed by atoms with E-state index in [1.54, 1.807) is 0 Å². The maximum absolute atomic E-state index is 13.5. The molecule has 0 bridgehead atoms. The number of aliphatic hydroxyl groups is 1. The number of hydrogen-bond acceptors (Lipinski definition) is 3. The van der Waals surface area contributed by atoms with E-state index in [4.69, 9.17) is 23.2 Å². The number of nitrogens with one attached hydrogen (secondary N) is 1. The second-order valence-corrected chi connectivity index (χ2v) is 7.27. The first kappa shape index (κ1) is 17.7. The minimum Gasteiger partial charge on any atom is -0.389 e. The van der Waals surface area contributed by atoms with Crippen molar-refractivity contribution in [3.63, 3.8) is 0 Å². The maximum atomic E-state index is 13.5. The SMILES string of the molecule is CCCC(C)(O)CNS(=O)(=O)c1ccc(Cl)c(F)c1Cl. The van der Waals surface area contributed by atoms with Crippen LogP contribution < -0.4 is 4.72 Å². The number of rotatable bonds is 6. The molecule has 0 aromatic heterocycles. The fourth-order valence-corrected chi connectivity index (χ4v) is 3.58. The van der Waals surface area contributed by atoms with Crippen LogP contribution in [0.15, 0.2) is 17.0 Å². The van der Waals surface area contributed by atoms with Gasteiger partial charge in [-0.2, -0.15) is 0 Å². The Hall–Kier alpha value is -0.400. The van der Waals surface area contributed by atoms with Gasteiger partial charge in [-0.3, -0.25) is 0 Å². The Morgan fingerprint density at radius 3 is 2.55 bits per heavy atom. The van der Waals surface area contributed by atoms with Gasteiger partial charge in [0, 0.05) is 6.54 Å². The molecule has 0 fully saturated rings. The summed E-state index contributed by atoms with van der Waals surface area (Å²) in [6, 6.07) is 2.23. The molecule has 114 valence electrons. The van der Waals surface area contributed by atoms with Gasteiger partial charge in [0.15, 0.2) is 5.82 Å². The second-order valence-electron chi connectivity index (χ2n) is 4.74. The second kappa shape index (κ2) is 6.58. The third-order valence-electron chi connectivity index (χ3n) is 2.72. The zero-order chi connectivity index (χ0) is 15.6. The van der Waals surface area contributed by atoms with Gasteiger partial charge in [-0.1, -0.05) is 36.5 Å². The highest BCUT2D eigenvalue weighted by Gasteiger charge is 2.26. The summed E-state index contributed by atoms with van der Waals surface area (Å²) >= 11 is 11.2. The zero-order valence-corrected chi connectivity index (χ0v) is 13.4. The largest absolute Gasteiger partial charge is 0.389 e. The van der Waals surface area contributed by atoms with Crippen LogP contribution in [0.4, 0.5) is 4.39 Å². The smallest absolute Gasteiger partial charge is 0.242 e. The van der Waals surface area contributed by atoms with E-state index < -0.39 is 31.4 Å². The number of hydrogen-bond donors (Lipinski definition) is 2. The molecule has 0 aliphatic heterocycles. The summed E-state index contributed by atoms with van der Waals surface area (Å²) in [5, 5.41) is 9.11. The van der Waals surface area contributed by atoms with E-state index >= 15 is 0 Å². The zero-order valence-electron chi connectivity index (χ0n) is 11.1. The first-order chi connectivity index (χ1) is 9.10. The third-order valence-corrected chi connectivity index (χ3v) is 4.94. The Kier molecular flexibility index (Phi) is 5.80. The molecule has 4 nitrogen and oxygen atoms in total. The van der Waals surface area contributed by atoms with Gasteiger partial charge < -0.3 is 5.11 Å². The molecule has 2 N–H and O–H groups in total. The Morgan fingerprint density at radius 1 is 1.40 bits per heavy atom. The molecule has 0 radical (unpaired) electrons. The molecule has 1 aromatic carbocycles. The summed E-state index contributed by atoms with van der Waals surface area (Å²) in [5.74, 6) is -0.989. The first-order valence-corrected chi connectivity index (χ1v) is 8.20. The first-order valence-electron chi connectivity index (χ1n) is 5.96. The van der Waals surface area contributed by atoms with E-state index in [0.717, 1.165) is 12.1 Å². The fraction of sp³-hybridized carbons (Fsp3) is 0.500. The normalized spacial score (nSPS) is 15.1. The molecule has 1 unspecified atom stereocenters. The molecule has 0 aliphatic rings. The van der Waals surface area contributed by atoms with Crippen molar-refractivity contribution in [1.29, 1.82) is 0 Å². The van der Waals surface area contributed by atoms with E-state index in [1.165, 1.54) is 6.92 Å². The van der Waals surface area contributed by atoms with Gasteiger partial charge in [0.1, 0.15) is 4.90 Å². The Balaban J connectivity index is 2.99. The Morgan fingerprint density at radius 2 is 2.00 bits per heavy atom. The van der Waals surface area contributed by atoms with Crippen molar-refractivity contribution < 1.29 is 17.9 Å². The molecule has 0 aliphatic carbocycles. The van der Waals surface area contributed by atoms with E-state index in [-0.39, 0.29) is 11.6 Å². The van der Waals surface area contributed by atoms with Crippen LogP contribution in [-0.2, 0) is 10.0 Å². The molecule has 0 saturated carbocycles. The van der Waals surface area contributed by atoms with Crippen LogP contribution in [-0.4, -0.2) is 25.7 Å². The predicted octanol–water partition coefficient (Wildman–Crippen LogP) is 2.96. The summed E-state index contributed by atoms with van der Waals surface area (Å²) in [6.45, 7) is 3.20. The van der Waals surface area contributed by atoms with Gasteiger partial charge in [0.25, 0.3) is 0 Å². The van der Waals surface area contributed by atoms with Gasteiger partial charge in [-0.15, -0.1) is 0 Å². The van der Waals surface area contributed by atoms with Crippen LogP contribution >= 0.6 is 23.2 Å².